The Bertz CT molecular complexity index is 989. The first-order chi connectivity index (χ1) is 13.9. The van der Waals surface area contributed by atoms with E-state index in [0.29, 0.717) is 37.1 Å². The van der Waals surface area contributed by atoms with Gasteiger partial charge in [-0.1, -0.05) is 12.1 Å². The molecule has 152 valence electrons. The number of carbonyl (C=O) groups is 2. The molecule has 1 spiro atoms. The average molecular weight is 415 g/mol. The fourth-order valence-corrected chi connectivity index (χ4v) is 5.84. The van der Waals surface area contributed by atoms with E-state index in [1.807, 2.05) is 6.92 Å². The summed E-state index contributed by atoms with van der Waals surface area (Å²) in [6, 6.07) is 7.91. The van der Waals surface area contributed by atoms with Crippen LogP contribution >= 0.6 is 0 Å². The minimum absolute atomic E-state index is 0.0228. The highest BCUT2D eigenvalue weighted by Crippen LogP contribution is 2.39. The van der Waals surface area contributed by atoms with Crippen molar-refractivity contribution in [3.05, 3.63) is 65.2 Å². The molecule has 1 aromatic heterocycles. The van der Waals surface area contributed by atoms with E-state index >= 15 is 0 Å². The molecule has 2 saturated heterocycles. The first-order valence-corrected chi connectivity index (χ1v) is 10.9. The molecule has 29 heavy (non-hydrogen) atoms. The molecule has 1 unspecified atom stereocenters. The number of hydrogen-bond acceptors (Lipinski definition) is 4. The summed E-state index contributed by atoms with van der Waals surface area (Å²) in [5.41, 5.74) is 2.09. The van der Waals surface area contributed by atoms with Gasteiger partial charge in [-0.15, -0.1) is 0 Å². The zero-order valence-electron chi connectivity index (χ0n) is 16.1. The third-order valence-corrected chi connectivity index (χ3v) is 7.79. The highest BCUT2D eigenvalue weighted by atomic mass is 32.2. The highest BCUT2D eigenvalue weighted by Gasteiger charge is 2.53. The fourth-order valence-electron chi connectivity index (χ4n) is 4.14. The van der Waals surface area contributed by atoms with Crippen LogP contribution in [0.4, 0.5) is 4.39 Å². The van der Waals surface area contributed by atoms with E-state index in [2.05, 4.69) is 4.98 Å². The first-order valence-electron chi connectivity index (χ1n) is 9.54. The number of aromatic nitrogens is 1. The molecule has 1 aromatic carbocycles. The molecule has 2 aliphatic rings. The van der Waals surface area contributed by atoms with Gasteiger partial charge in [-0.05, 0) is 36.2 Å². The fraction of sp³-hybridized carbons (Fsp3) is 0.381. The standard InChI is InChI=1S/C21H22FN3O3S/c1-15-5-8-23-12-18(15)20(27)24-9-6-21(7-10-24)25(19(26)14-29(21)28)13-16-3-2-4-17(22)11-16/h2-5,8,11-12H,6-7,9-10,13-14H2,1H3. The van der Waals surface area contributed by atoms with Gasteiger partial charge in [0.25, 0.3) is 5.91 Å². The lowest BCUT2D eigenvalue weighted by Crippen LogP contribution is -2.55. The topological polar surface area (TPSA) is 70.6 Å². The zero-order valence-corrected chi connectivity index (χ0v) is 17.0. The summed E-state index contributed by atoms with van der Waals surface area (Å²) in [6.45, 7) is 2.90. The van der Waals surface area contributed by atoms with E-state index in [9.17, 15) is 18.2 Å². The number of pyridine rings is 1. The summed E-state index contributed by atoms with van der Waals surface area (Å²) >= 11 is 0. The normalized spacial score (nSPS) is 21.0. The number of nitrogens with zero attached hydrogens (tertiary/aromatic N) is 3. The molecule has 2 amide bonds. The van der Waals surface area contributed by atoms with Crippen molar-refractivity contribution in [1.29, 1.82) is 0 Å². The lowest BCUT2D eigenvalue weighted by molar-refractivity contribution is -0.131. The number of hydrogen-bond donors (Lipinski definition) is 0. The van der Waals surface area contributed by atoms with Crippen LogP contribution in [0.15, 0.2) is 42.7 Å². The smallest absolute Gasteiger partial charge is 0.255 e. The van der Waals surface area contributed by atoms with E-state index in [4.69, 9.17) is 0 Å². The van der Waals surface area contributed by atoms with Gasteiger partial charge in [0.15, 0.2) is 0 Å². The van der Waals surface area contributed by atoms with Crippen molar-refractivity contribution in [2.24, 2.45) is 0 Å². The Morgan fingerprint density at radius 1 is 1.28 bits per heavy atom. The van der Waals surface area contributed by atoms with E-state index in [1.165, 1.54) is 12.1 Å². The minimum Gasteiger partial charge on any atom is -0.338 e. The molecule has 1 atom stereocenters. The summed E-state index contributed by atoms with van der Waals surface area (Å²) in [5, 5.41) is 0. The lowest BCUT2D eigenvalue weighted by Gasteiger charge is -2.43. The second-order valence-electron chi connectivity index (χ2n) is 7.53. The molecule has 2 aromatic rings. The molecule has 0 bridgehead atoms. The maximum absolute atomic E-state index is 13.6. The zero-order chi connectivity index (χ0) is 20.6. The maximum Gasteiger partial charge on any atom is 0.255 e. The van der Waals surface area contributed by atoms with Gasteiger partial charge in [-0.3, -0.25) is 18.8 Å². The van der Waals surface area contributed by atoms with E-state index in [-0.39, 0.29) is 29.9 Å². The quantitative estimate of drug-likeness (QED) is 0.771. The summed E-state index contributed by atoms with van der Waals surface area (Å²) in [6.07, 6.45) is 4.09. The maximum atomic E-state index is 13.6. The third-order valence-electron chi connectivity index (χ3n) is 5.80. The number of benzene rings is 1. The average Bonchev–Trinajstić information content (AvgIpc) is 2.92. The van der Waals surface area contributed by atoms with Crippen molar-refractivity contribution in [3.8, 4) is 0 Å². The molecule has 2 fully saturated rings. The molecule has 6 nitrogen and oxygen atoms in total. The van der Waals surface area contributed by atoms with Gasteiger partial charge in [0.1, 0.15) is 16.4 Å². The van der Waals surface area contributed by atoms with Crippen LogP contribution in [0.2, 0.25) is 0 Å². The summed E-state index contributed by atoms with van der Waals surface area (Å²) in [5.74, 6) is -0.672. The molecular weight excluding hydrogens is 393 g/mol. The molecule has 0 aliphatic carbocycles. The van der Waals surface area contributed by atoms with Crippen LogP contribution in [-0.2, 0) is 22.1 Å². The Labute approximate surface area is 171 Å². The molecule has 0 radical (unpaired) electrons. The van der Waals surface area contributed by atoms with Gasteiger partial charge in [0.2, 0.25) is 5.91 Å². The van der Waals surface area contributed by atoms with Crippen molar-refractivity contribution in [2.45, 2.75) is 31.2 Å². The van der Waals surface area contributed by atoms with E-state index in [1.54, 1.807) is 40.4 Å². The van der Waals surface area contributed by atoms with Gasteiger partial charge in [-0.25, -0.2) is 4.39 Å². The van der Waals surface area contributed by atoms with Crippen LogP contribution in [0.1, 0.15) is 34.3 Å². The first kappa shape index (κ1) is 19.7. The predicted octanol–water partition coefficient (Wildman–Crippen LogP) is 2.25. The lowest BCUT2D eigenvalue weighted by atomic mass is 10.00. The van der Waals surface area contributed by atoms with Crippen molar-refractivity contribution < 1.29 is 18.2 Å². The number of amides is 2. The number of piperidine rings is 1. The van der Waals surface area contributed by atoms with Crippen LogP contribution in [0.25, 0.3) is 0 Å². The van der Waals surface area contributed by atoms with Gasteiger partial charge < -0.3 is 9.80 Å². The molecule has 8 heteroatoms. The molecule has 2 aliphatic heterocycles. The minimum atomic E-state index is -1.35. The van der Waals surface area contributed by atoms with Crippen molar-refractivity contribution >= 4 is 22.6 Å². The van der Waals surface area contributed by atoms with Crippen LogP contribution in [0, 0.1) is 12.7 Å². The Hall–Kier alpha value is -2.61. The summed E-state index contributed by atoms with van der Waals surface area (Å²) in [7, 11) is -1.35. The number of rotatable bonds is 3. The van der Waals surface area contributed by atoms with Crippen molar-refractivity contribution in [3.63, 3.8) is 0 Å². The summed E-state index contributed by atoms with van der Waals surface area (Å²) in [4.78, 5) is 32.1. The predicted molar refractivity (Wildman–Crippen MR) is 107 cm³/mol. The van der Waals surface area contributed by atoms with Gasteiger partial charge in [0, 0.05) is 44.9 Å². The summed E-state index contributed by atoms with van der Waals surface area (Å²) < 4.78 is 26.5. The Morgan fingerprint density at radius 2 is 2.03 bits per heavy atom. The largest absolute Gasteiger partial charge is 0.338 e. The monoisotopic (exact) mass is 415 g/mol. The van der Waals surface area contributed by atoms with E-state index in [0.717, 1.165) is 5.56 Å². The molecule has 3 heterocycles. The molecular formula is C21H22FN3O3S. The SMILES string of the molecule is Cc1ccncc1C(=O)N1CCC2(CC1)N(Cc1cccc(F)c1)C(=O)CS2=O. The second-order valence-corrected chi connectivity index (χ2v) is 9.27. The molecule has 0 saturated carbocycles. The van der Waals surface area contributed by atoms with Crippen LogP contribution in [0.3, 0.4) is 0 Å². The van der Waals surface area contributed by atoms with Crippen LogP contribution in [-0.4, -0.2) is 54.5 Å². The Kier molecular flexibility index (Phi) is 5.21. The van der Waals surface area contributed by atoms with Crippen molar-refractivity contribution in [2.75, 3.05) is 18.8 Å². The Balaban J connectivity index is 1.53. The number of carbonyl (C=O) groups excluding carboxylic acids is 2. The number of likely N-dealkylation sites (tertiary alicyclic amines) is 1. The van der Waals surface area contributed by atoms with Crippen molar-refractivity contribution in [1.82, 2.24) is 14.8 Å². The second kappa shape index (κ2) is 7.67. The molecule has 4 rings (SSSR count). The van der Waals surface area contributed by atoms with Crippen LogP contribution in [0.5, 0.6) is 0 Å². The molecule has 0 N–H and O–H groups in total. The van der Waals surface area contributed by atoms with Gasteiger partial charge in [0.05, 0.1) is 16.4 Å². The van der Waals surface area contributed by atoms with Gasteiger partial charge >= 0.3 is 0 Å². The Morgan fingerprint density at radius 3 is 2.72 bits per heavy atom. The van der Waals surface area contributed by atoms with Gasteiger partial charge in [-0.2, -0.15) is 0 Å². The van der Waals surface area contributed by atoms with E-state index < -0.39 is 15.7 Å². The van der Waals surface area contributed by atoms with Crippen LogP contribution < -0.4 is 0 Å². The highest BCUT2D eigenvalue weighted by molar-refractivity contribution is 7.87. The third kappa shape index (κ3) is 3.57. The number of aryl methyl sites for hydroxylation is 1. The number of halogens is 1.